The van der Waals surface area contributed by atoms with Gasteiger partial charge in [0, 0.05) is 5.75 Å². The molecule has 21 heavy (non-hydrogen) atoms. The molecule has 1 aromatic heterocycles. The summed E-state index contributed by atoms with van der Waals surface area (Å²) in [6.45, 7) is 3.29. The second kappa shape index (κ2) is 7.74. The maximum atomic E-state index is 11.7. The predicted octanol–water partition coefficient (Wildman–Crippen LogP) is 2.93. The second-order valence-electron chi connectivity index (χ2n) is 4.82. The molecule has 0 fully saturated rings. The van der Waals surface area contributed by atoms with Crippen molar-refractivity contribution in [1.29, 1.82) is 0 Å². The van der Waals surface area contributed by atoms with E-state index < -0.39 is 5.54 Å². The number of anilines is 1. The Morgan fingerprint density at radius 2 is 2.00 bits per heavy atom. The van der Waals surface area contributed by atoms with Crippen LogP contribution in [0.3, 0.4) is 0 Å². The van der Waals surface area contributed by atoms with Crippen LogP contribution in [0.5, 0.6) is 0 Å². The molecule has 2 aromatic rings. The van der Waals surface area contributed by atoms with Crippen molar-refractivity contribution >= 4 is 46.5 Å². The number of carbonyl (C=O) groups excluding carboxylic acids is 1. The molecule has 1 aromatic carbocycles. The van der Waals surface area contributed by atoms with E-state index in [1.165, 1.54) is 16.9 Å². The largest absolute Gasteiger partial charge is 0.318 e. The Kier molecular flexibility index (Phi) is 6.60. The van der Waals surface area contributed by atoms with Gasteiger partial charge in [-0.2, -0.15) is 0 Å². The lowest BCUT2D eigenvalue weighted by Gasteiger charge is -2.15. The zero-order valence-corrected chi connectivity index (χ0v) is 14.1. The summed E-state index contributed by atoms with van der Waals surface area (Å²) in [4.78, 5) is 11.7. The van der Waals surface area contributed by atoms with Crippen LogP contribution < -0.4 is 11.1 Å². The molecule has 114 valence electrons. The van der Waals surface area contributed by atoms with Crippen LogP contribution in [0, 0.1) is 0 Å². The highest BCUT2D eigenvalue weighted by molar-refractivity contribution is 8.00. The number of nitrogens with zero attached hydrogens (tertiary/aromatic N) is 2. The number of aromatic nitrogens is 2. The van der Waals surface area contributed by atoms with Gasteiger partial charge >= 0.3 is 0 Å². The zero-order valence-electron chi connectivity index (χ0n) is 11.7. The minimum atomic E-state index is -0.928. The molecule has 0 aliphatic heterocycles. The topological polar surface area (TPSA) is 80.9 Å². The van der Waals surface area contributed by atoms with Gasteiger partial charge in [-0.1, -0.05) is 53.4 Å². The Labute approximate surface area is 138 Å². The molecule has 0 spiro atoms. The van der Waals surface area contributed by atoms with E-state index >= 15 is 0 Å². The van der Waals surface area contributed by atoms with Gasteiger partial charge in [-0.25, -0.2) is 0 Å². The first-order valence-electron chi connectivity index (χ1n) is 6.06. The standard InChI is InChI=1S/C13H16N4OS2.ClH/c1-13(2,14)10(18)15-11-16-17-12(20-11)19-8-9-6-4-3-5-7-9;/h3-7H,8,14H2,1-2H3,(H,15,16,18);1H. The molecule has 3 N–H and O–H groups in total. The molecule has 5 nitrogen and oxygen atoms in total. The van der Waals surface area contributed by atoms with Gasteiger partial charge in [0.05, 0.1) is 5.54 Å². The smallest absolute Gasteiger partial charge is 0.245 e. The molecule has 1 amide bonds. The first-order valence-corrected chi connectivity index (χ1v) is 7.86. The highest BCUT2D eigenvalue weighted by Crippen LogP contribution is 2.28. The van der Waals surface area contributed by atoms with E-state index in [2.05, 4.69) is 27.6 Å². The van der Waals surface area contributed by atoms with Crippen LogP contribution in [-0.4, -0.2) is 21.6 Å². The van der Waals surface area contributed by atoms with Crippen molar-refractivity contribution in [3.63, 3.8) is 0 Å². The number of halogens is 1. The van der Waals surface area contributed by atoms with E-state index in [0.717, 1.165) is 10.1 Å². The number of thioether (sulfide) groups is 1. The lowest BCUT2D eigenvalue weighted by Crippen LogP contribution is -2.45. The highest BCUT2D eigenvalue weighted by Gasteiger charge is 2.23. The van der Waals surface area contributed by atoms with Gasteiger partial charge in [-0.3, -0.25) is 10.1 Å². The van der Waals surface area contributed by atoms with Gasteiger partial charge in [-0.05, 0) is 19.4 Å². The van der Waals surface area contributed by atoms with E-state index in [1.54, 1.807) is 25.6 Å². The van der Waals surface area contributed by atoms with Crippen LogP contribution in [0.2, 0.25) is 0 Å². The monoisotopic (exact) mass is 344 g/mol. The molecular formula is C13H17ClN4OS2. The average Bonchev–Trinajstić information content (AvgIpc) is 2.84. The third kappa shape index (κ3) is 5.62. The summed E-state index contributed by atoms with van der Waals surface area (Å²) in [6.07, 6.45) is 0. The Morgan fingerprint density at radius 3 is 2.62 bits per heavy atom. The highest BCUT2D eigenvalue weighted by atomic mass is 35.5. The number of nitrogens with two attached hydrogens (primary N) is 1. The predicted molar refractivity (Wildman–Crippen MR) is 90.1 cm³/mol. The fourth-order valence-electron chi connectivity index (χ4n) is 1.30. The van der Waals surface area contributed by atoms with E-state index in [0.29, 0.717) is 5.13 Å². The summed E-state index contributed by atoms with van der Waals surface area (Å²) in [5.41, 5.74) is 6.00. The summed E-state index contributed by atoms with van der Waals surface area (Å²) >= 11 is 2.94. The number of nitrogens with one attached hydrogen (secondary N) is 1. The molecule has 0 bridgehead atoms. The first kappa shape index (κ1) is 17.9. The Balaban J connectivity index is 0.00000220. The van der Waals surface area contributed by atoms with Crippen LogP contribution >= 0.6 is 35.5 Å². The maximum Gasteiger partial charge on any atom is 0.245 e. The number of benzene rings is 1. The number of carbonyl (C=O) groups is 1. The summed E-state index contributed by atoms with van der Waals surface area (Å²) in [5, 5.41) is 11.1. The molecule has 0 atom stereocenters. The lowest BCUT2D eigenvalue weighted by molar-refractivity contribution is -0.120. The molecule has 0 saturated carbocycles. The molecule has 0 aliphatic rings. The van der Waals surface area contributed by atoms with Crippen molar-refractivity contribution in [2.45, 2.75) is 29.5 Å². The molecular weight excluding hydrogens is 328 g/mol. The lowest BCUT2D eigenvalue weighted by atomic mass is 10.1. The van der Waals surface area contributed by atoms with E-state index in [1.807, 2.05) is 18.2 Å². The van der Waals surface area contributed by atoms with Crippen molar-refractivity contribution < 1.29 is 4.79 Å². The molecule has 8 heteroatoms. The number of hydrogen-bond donors (Lipinski definition) is 2. The van der Waals surface area contributed by atoms with Crippen LogP contribution in [0.15, 0.2) is 34.7 Å². The summed E-state index contributed by atoms with van der Waals surface area (Å²) < 4.78 is 0.819. The fourth-order valence-corrected chi connectivity index (χ4v) is 3.00. The summed E-state index contributed by atoms with van der Waals surface area (Å²) in [5.74, 6) is 0.555. The van der Waals surface area contributed by atoms with Gasteiger partial charge in [0.1, 0.15) is 0 Å². The van der Waals surface area contributed by atoms with E-state index in [4.69, 9.17) is 5.73 Å². The van der Waals surface area contributed by atoms with Gasteiger partial charge in [-0.15, -0.1) is 22.6 Å². The van der Waals surface area contributed by atoms with Crippen LogP contribution in [0.25, 0.3) is 0 Å². The maximum absolute atomic E-state index is 11.7. The van der Waals surface area contributed by atoms with Crippen molar-refractivity contribution in [2.24, 2.45) is 5.73 Å². The third-order valence-electron chi connectivity index (χ3n) is 2.42. The average molecular weight is 345 g/mol. The summed E-state index contributed by atoms with van der Waals surface area (Å²) in [7, 11) is 0. The minimum Gasteiger partial charge on any atom is -0.318 e. The SMILES string of the molecule is CC(C)(N)C(=O)Nc1nnc(SCc2ccccc2)s1.Cl. The van der Waals surface area contributed by atoms with Gasteiger partial charge in [0.15, 0.2) is 4.34 Å². The van der Waals surface area contributed by atoms with Crippen molar-refractivity contribution in [3.8, 4) is 0 Å². The molecule has 2 rings (SSSR count). The van der Waals surface area contributed by atoms with Crippen molar-refractivity contribution in [2.75, 3.05) is 5.32 Å². The molecule has 0 saturated heterocycles. The van der Waals surface area contributed by atoms with Crippen molar-refractivity contribution in [1.82, 2.24) is 10.2 Å². The third-order valence-corrected chi connectivity index (χ3v) is 4.46. The van der Waals surface area contributed by atoms with Crippen molar-refractivity contribution in [3.05, 3.63) is 35.9 Å². The minimum absolute atomic E-state index is 0. The van der Waals surface area contributed by atoms with Crippen LogP contribution in [0.4, 0.5) is 5.13 Å². The van der Waals surface area contributed by atoms with Gasteiger partial charge in [0.25, 0.3) is 0 Å². The number of hydrogen-bond acceptors (Lipinski definition) is 6. The Hall–Kier alpha value is -1.15. The normalized spacial score (nSPS) is 10.8. The van der Waals surface area contributed by atoms with Gasteiger partial charge < -0.3 is 5.73 Å². The van der Waals surface area contributed by atoms with E-state index in [9.17, 15) is 4.79 Å². The van der Waals surface area contributed by atoms with E-state index in [-0.39, 0.29) is 18.3 Å². The quantitative estimate of drug-likeness (QED) is 0.643. The fraction of sp³-hybridized carbons (Fsp3) is 0.308. The molecule has 0 unspecified atom stereocenters. The molecule has 0 aliphatic carbocycles. The van der Waals surface area contributed by atoms with Gasteiger partial charge in [0.2, 0.25) is 11.0 Å². The van der Waals surface area contributed by atoms with Crippen LogP contribution in [0.1, 0.15) is 19.4 Å². The number of amides is 1. The molecule has 1 heterocycles. The Bertz CT molecular complexity index is 583. The summed E-state index contributed by atoms with van der Waals surface area (Å²) in [6, 6.07) is 10.1. The molecule has 0 radical (unpaired) electrons. The number of rotatable bonds is 5. The first-order chi connectivity index (χ1) is 9.45. The Morgan fingerprint density at radius 1 is 1.33 bits per heavy atom. The second-order valence-corrected chi connectivity index (χ2v) is 7.02. The van der Waals surface area contributed by atoms with Crippen LogP contribution in [-0.2, 0) is 10.5 Å². The zero-order chi connectivity index (χ0) is 14.6.